The molecule has 0 saturated carbocycles. The molecule has 0 unspecified atom stereocenters. The van der Waals surface area contributed by atoms with Gasteiger partial charge in [-0.05, 0) is 42.8 Å². The van der Waals surface area contributed by atoms with Gasteiger partial charge in [0.25, 0.3) is 0 Å². The Hall–Kier alpha value is -2.13. The Kier molecular flexibility index (Phi) is 6.48. The summed E-state index contributed by atoms with van der Waals surface area (Å²) in [6, 6.07) is 11.1. The Morgan fingerprint density at radius 2 is 1.76 bits per heavy atom. The fourth-order valence-electron chi connectivity index (χ4n) is 2.63. The predicted molar refractivity (Wildman–Crippen MR) is 118 cm³/mol. The average molecular weight is 470 g/mol. The van der Waals surface area contributed by atoms with E-state index in [-0.39, 0.29) is 37.0 Å². The van der Waals surface area contributed by atoms with Gasteiger partial charge in [0.2, 0.25) is 5.78 Å². The number of ketones is 1. The SMILES string of the molecule is CCCS(=O)(=O)c1ccc(Nc2nc(N)c(C(=O)c3c(Cl)cccc3Cl)s2)cc1. The van der Waals surface area contributed by atoms with Crippen LogP contribution >= 0.6 is 34.5 Å². The maximum Gasteiger partial charge on any atom is 0.209 e. The molecule has 0 aliphatic carbocycles. The number of nitrogen functional groups attached to an aromatic ring is 1. The lowest BCUT2D eigenvalue weighted by Gasteiger charge is -2.06. The van der Waals surface area contributed by atoms with Gasteiger partial charge in [0, 0.05) is 5.69 Å². The second-order valence-electron chi connectivity index (χ2n) is 6.13. The molecule has 152 valence electrons. The molecule has 0 aliphatic heterocycles. The number of nitrogens with zero attached hydrogens (tertiary/aromatic N) is 1. The van der Waals surface area contributed by atoms with Crippen molar-refractivity contribution in [2.24, 2.45) is 0 Å². The molecule has 0 aliphatic rings. The highest BCUT2D eigenvalue weighted by molar-refractivity contribution is 7.91. The molecule has 6 nitrogen and oxygen atoms in total. The fourth-order valence-corrected chi connectivity index (χ4v) is 5.38. The topological polar surface area (TPSA) is 102 Å². The van der Waals surface area contributed by atoms with Crippen molar-refractivity contribution in [1.29, 1.82) is 0 Å². The maximum absolute atomic E-state index is 12.8. The molecule has 29 heavy (non-hydrogen) atoms. The molecule has 3 rings (SSSR count). The molecular weight excluding hydrogens is 453 g/mol. The van der Waals surface area contributed by atoms with E-state index in [4.69, 9.17) is 28.9 Å². The Labute approximate surface area is 182 Å². The minimum absolute atomic E-state index is 0.0561. The molecule has 0 saturated heterocycles. The Balaban J connectivity index is 1.83. The van der Waals surface area contributed by atoms with Crippen LogP contribution in [0.5, 0.6) is 0 Å². The Morgan fingerprint density at radius 1 is 1.14 bits per heavy atom. The van der Waals surface area contributed by atoms with Gasteiger partial charge in [-0.25, -0.2) is 13.4 Å². The zero-order chi connectivity index (χ0) is 21.2. The van der Waals surface area contributed by atoms with E-state index in [1.165, 1.54) is 12.1 Å². The van der Waals surface area contributed by atoms with Gasteiger partial charge in [-0.3, -0.25) is 4.79 Å². The summed E-state index contributed by atoms with van der Waals surface area (Å²) >= 11 is 13.3. The number of halogens is 2. The van der Waals surface area contributed by atoms with E-state index in [0.717, 1.165) is 11.3 Å². The molecule has 1 aromatic heterocycles. The number of anilines is 3. The second-order valence-corrected chi connectivity index (χ2v) is 10.1. The van der Waals surface area contributed by atoms with E-state index in [0.29, 0.717) is 17.2 Å². The smallest absolute Gasteiger partial charge is 0.209 e. The van der Waals surface area contributed by atoms with Gasteiger partial charge in [0.15, 0.2) is 15.0 Å². The van der Waals surface area contributed by atoms with Crippen LogP contribution < -0.4 is 11.1 Å². The third kappa shape index (κ3) is 4.72. The van der Waals surface area contributed by atoms with Crippen molar-refractivity contribution in [2.45, 2.75) is 18.2 Å². The second kappa shape index (κ2) is 8.71. The summed E-state index contributed by atoms with van der Waals surface area (Å²) in [6.07, 6.45) is 0.549. The summed E-state index contributed by atoms with van der Waals surface area (Å²) in [5.41, 5.74) is 6.71. The van der Waals surface area contributed by atoms with Crippen molar-refractivity contribution >= 4 is 66.8 Å². The summed E-state index contributed by atoms with van der Waals surface area (Å²) < 4.78 is 24.2. The molecular formula is C19H17Cl2N3O3S2. The zero-order valence-corrected chi connectivity index (χ0v) is 18.4. The summed E-state index contributed by atoms with van der Waals surface area (Å²) in [5, 5.41) is 3.87. The molecule has 0 atom stereocenters. The number of rotatable bonds is 7. The first-order chi connectivity index (χ1) is 13.7. The van der Waals surface area contributed by atoms with Crippen molar-refractivity contribution in [3.8, 4) is 0 Å². The van der Waals surface area contributed by atoms with E-state index >= 15 is 0 Å². The lowest BCUT2D eigenvalue weighted by atomic mass is 10.1. The number of carbonyl (C=O) groups is 1. The quantitative estimate of drug-likeness (QED) is 0.461. The van der Waals surface area contributed by atoms with Gasteiger partial charge >= 0.3 is 0 Å². The van der Waals surface area contributed by atoms with Crippen molar-refractivity contribution in [2.75, 3.05) is 16.8 Å². The number of thiazole rings is 1. The van der Waals surface area contributed by atoms with Crippen LogP contribution in [0.3, 0.4) is 0 Å². The van der Waals surface area contributed by atoms with E-state index in [2.05, 4.69) is 10.3 Å². The average Bonchev–Trinajstić information content (AvgIpc) is 3.02. The van der Waals surface area contributed by atoms with Crippen LogP contribution in [0.1, 0.15) is 28.6 Å². The van der Waals surface area contributed by atoms with Gasteiger partial charge in [-0.2, -0.15) is 0 Å². The summed E-state index contributed by atoms with van der Waals surface area (Å²) in [6.45, 7) is 1.81. The maximum atomic E-state index is 12.8. The summed E-state index contributed by atoms with van der Waals surface area (Å²) in [5.74, 6) is -0.260. The molecule has 0 amide bonds. The zero-order valence-electron chi connectivity index (χ0n) is 15.3. The van der Waals surface area contributed by atoms with E-state index in [9.17, 15) is 13.2 Å². The highest BCUT2D eigenvalue weighted by Crippen LogP contribution is 2.34. The predicted octanol–water partition coefficient (Wildman–Crippen LogP) is 5.19. The lowest BCUT2D eigenvalue weighted by molar-refractivity contribution is 0.104. The molecule has 1 heterocycles. The number of benzene rings is 2. The van der Waals surface area contributed by atoms with E-state index in [1.807, 2.05) is 6.92 Å². The number of sulfone groups is 1. The summed E-state index contributed by atoms with van der Waals surface area (Å²) in [4.78, 5) is 17.5. The van der Waals surface area contributed by atoms with E-state index < -0.39 is 15.6 Å². The number of hydrogen-bond donors (Lipinski definition) is 2. The Bertz CT molecular complexity index is 1140. The molecule has 0 bridgehead atoms. The molecule has 0 radical (unpaired) electrons. The van der Waals surface area contributed by atoms with Crippen LogP contribution in [-0.2, 0) is 9.84 Å². The highest BCUT2D eigenvalue weighted by atomic mass is 35.5. The number of nitrogens with one attached hydrogen (secondary N) is 1. The van der Waals surface area contributed by atoms with Crippen LogP contribution in [0, 0.1) is 0 Å². The molecule has 0 fully saturated rings. The van der Waals surface area contributed by atoms with Crippen molar-refractivity contribution < 1.29 is 13.2 Å². The lowest BCUT2D eigenvalue weighted by Crippen LogP contribution is -2.05. The highest BCUT2D eigenvalue weighted by Gasteiger charge is 2.22. The fraction of sp³-hybridized carbons (Fsp3) is 0.158. The van der Waals surface area contributed by atoms with Gasteiger partial charge < -0.3 is 11.1 Å². The molecule has 0 spiro atoms. The van der Waals surface area contributed by atoms with Crippen molar-refractivity contribution in [1.82, 2.24) is 4.98 Å². The molecule has 3 aromatic rings. The van der Waals surface area contributed by atoms with Crippen LogP contribution in [0.25, 0.3) is 0 Å². The normalized spacial score (nSPS) is 11.4. The van der Waals surface area contributed by atoms with Crippen LogP contribution in [0.4, 0.5) is 16.6 Å². The van der Waals surface area contributed by atoms with Gasteiger partial charge in [0.1, 0.15) is 10.7 Å². The Morgan fingerprint density at radius 3 is 2.34 bits per heavy atom. The monoisotopic (exact) mass is 469 g/mol. The van der Waals surface area contributed by atoms with Crippen molar-refractivity contribution in [3.63, 3.8) is 0 Å². The molecule has 2 aromatic carbocycles. The van der Waals surface area contributed by atoms with Crippen LogP contribution in [0.2, 0.25) is 10.0 Å². The first-order valence-corrected chi connectivity index (χ1v) is 11.8. The standard InChI is InChI=1S/C19H17Cl2N3O3S2/c1-2-10-29(26,27)12-8-6-11(7-9-12)23-19-24-18(22)17(28-19)16(25)15-13(20)4-3-5-14(15)21/h3-9H,2,10,22H2,1H3,(H,23,24). The van der Waals surface area contributed by atoms with Gasteiger partial charge in [0.05, 0.1) is 26.3 Å². The van der Waals surface area contributed by atoms with Crippen LogP contribution in [-0.4, -0.2) is 24.9 Å². The first kappa shape index (κ1) is 21.6. The summed E-state index contributed by atoms with van der Waals surface area (Å²) in [7, 11) is -3.28. The van der Waals surface area contributed by atoms with Crippen LogP contribution in [0.15, 0.2) is 47.4 Å². The molecule has 10 heteroatoms. The third-order valence-corrected chi connectivity index (χ3v) is 7.54. The number of carbonyl (C=O) groups excluding carboxylic acids is 1. The number of hydrogen-bond acceptors (Lipinski definition) is 7. The number of nitrogens with two attached hydrogens (primary N) is 1. The van der Waals surface area contributed by atoms with Gasteiger partial charge in [-0.1, -0.05) is 47.5 Å². The minimum Gasteiger partial charge on any atom is -0.382 e. The van der Waals surface area contributed by atoms with E-state index in [1.54, 1.807) is 30.3 Å². The largest absolute Gasteiger partial charge is 0.382 e. The number of aromatic nitrogens is 1. The van der Waals surface area contributed by atoms with Gasteiger partial charge in [-0.15, -0.1) is 0 Å². The molecule has 3 N–H and O–H groups in total. The van der Waals surface area contributed by atoms with Crippen molar-refractivity contribution in [3.05, 3.63) is 63.0 Å². The third-order valence-electron chi connectivity index (χ3n) is 3.99. The first-order valence-electron chi connectivity index (χ1n) is 8.57. The minimum atomic E-state index is -3.28.